The number of nitrogens with zero attached hydrogens (tertiary/aromatic N) is 2. The predicted molar refractivity (Wildman–Crippen MR) is 74.9 cm³/mol. The highest BCUT2D eigenvalue weighted by atomic mass is 19.1. The van der Waals surface area contributed by atoms with Gasteiger partial charge in [-0.1, -0.05) is 18.2 Å². The second-order valence-electron chi connectivity index (χ2n) is 4.75. The summed E-state index contributed by atoms with van der Waals surface area (Å²) in [4.78, 5) is 24.3. The SMILES string of the molecule is O=C(c1cc(F)ccc1[N+](=O)[O-])N1CCc2ccccc21. The van der Waals surface area contributed by atoms with Crippen LogP contribution in [0.1, 0.15) is 15.9 Å². The van der Waals surface area contributed by atoms with Gasteiger partial charge in [-0.05, 0) is 30.2 Å². The van der Waals surface area contributed by atoms with E-state index in [1.54, 1.807) is 12.1 Å². The second-order valence-corrected chi connectivity index (χ2v) is 4.75. The minimum atomic E-state index is -0.672. The molecule has 1 aliphatic heterocycles. The van der Waals surface area contributed by atoms with Gasteiger partial charge in [-0.2, -0.15) is 0 Å². The van der Waals surface area contributed by atoms with E-state index in [0.717, 1.165) is 29.4 Å². The van der Waals surface area contributed by atoms with Gasteiger partial charge in [-0.15, -0.1) is 0 Å². The van der Waals surface area contributed by atoms with Crippen LogP contribution in [-0.4, -0.2) is 17.4 Å². The molecule has 0 radical (unpaired) electrons. The molecule has 0 aromatic heterocycles. The van der Waals surface area contributed by atoms with Gasteiger partial charge in [0, 0.05) is 18.3 Å². The van der Waals surface area contributed by atoms with Crippen LogP contribution < -0.4 is 4.90 Å². The fourth-order valence-electron chi connectivity index (χ4n) is 2.53. The molecule has 3 rings (SSSR count). The number of para-hydroxylation sites is 1. The van der Waals surface area contributed by atoms with Gasteiger partial charge in [0.15, 0.2) is 0 Å². The molecule has 106 valence electrons. The Bertz CT molecular complexity index is 745. The van der Waals surface area contributed by atoms with Crippen LogP contribution in [0.25, 0.3) is 0 Å². The van der Waals surface area contributed by atoms with Crippen molar-refractivity contribution in [3.63, 3.8) is 0 Å². The van der Waals surface area contributed by atoms with E-state index in [1.807, 2.05) is 12.1 Å². The largest absolute Gasteiger partial charge is 0.308 e. The van der Waals surface area contributed by atoms with E-state index in [1.165, 1.54) is 4.90 Å². The molecule has 0 N–H and O–H groups in total. The normalized spacial score (nSPS) is 13.1. The number of hydrogen-bond donors (Lipinski definition) is 0. The summed E-state index contributed by atoms with van der Waals surface area (Å²) in [6.45, 7) is 0.436. The monoisotopic (exact) mass is 286 g/mol. The maximum Gasteiger partial charge on any atom is 0.282 e. The van der Waals surface area contributed by atoms with Crippen LogP contribution in [0.3, 0.4) is 0 Å². The Hall–Kier alpha value is -2.76. The van der Waals surface area contributed by atoms with Gasteiger partial charge < -0.3 is 4.90 Å². The third-order valence-electron chi connectivity index (χ3n) is 3.52. The maximum atomic E-state index is 13.4. The highest BCUT2D eigenvalue weighted by Gasteiger charge is 2.30. The molecular weight excluding hydrogens is 275 g/mol. The lowest BCUT2D eigenvalue weighted by atomic mass is 10.1. The van der Waals surface area contributed by atoms with Crippen LogP contribution in [0, 0.1) is 15.9 Å². The molecule has 0 saturated carbocycles. The van der Waals surface area contributed by atoms with E-state index in [4.69, 9.17) is 0 Å². The van der Waals surface area contributed by atoms with Crippen molar-refractivity contribution in [2.45, 2.75) is 6.42 Å². The highest BCUT2D eigenvalue weighted by molar-refractivity contribution is 6.09. The first-order valence-electron chi connectivity index (χ1n) is 6.41. The highest BCUT2D eigenvalue weighted by Crippen LogP contribution is 2.31. The number of amides is 1. The van der Waals surface area contributed by atoms with Crippen molar-refractivity contribution in [3.05, 3.63) is 69.5 Å². The number of hydrogen-bond acceptors (Lipinski definition) is 3. The van der Waals surface area contributed by atoms with E-state index in [9.17, 15) is 19.3 Å². The van der Waals surface area contributed by atoms with Gasteiger partial charge in [0.05, 0.1) is 4.92 Å². The van der Waals surface area contributed by atoms with Crippen molar-refractivity contribution in [1.82, 2.24) is 0 Å². The molecule has 5 nitrogen and oxygen atoms in total. The molecule has 0 atom stereocenters. The molecule has 1 heterocycles. The fraction of sp³-hybridized carbons (Fsp3) is 0.133. The second kappa shape index (κ2) is 4.97. The Kier molecular flexibility index (Phi) is 3.13. The topological polar surface area (TPSA) is 63.4 Å². The minimum Gasteiger partial charge on any atom is -0.308 e. The first kappa shape index (κ1) is 13.2. The smallest absolute Gasteiger partial charge is 0.282 e. The van der Waals surface area contributed by atoms with Crippen molar-refractivity contribution in [2.24, 2.45) is 0 Å². The standard InChI is InChI=1S/C15H11FN2O3/c16-11-5-6-14(18(20)21)12(9-11)15(19)17-8-7-10-3-1-2-4-13(10)17/h1-6,9H,7-8H2. The first-order valence-corrected chi connectivity index (χ1v) is 6.41. The van der Waals surface area contributed by atoms with Crippen molar-refractivity contribution < 1.29 is 14.1 Å². The lowest BCUT2D eigenvalue weighted by molar-refractivity contribution is -0.385. The number of rotatable bonds is 2. The zero-order chi connectivity index (χ0) is 15.0. The maximum absolute atomic E-state index is 13.4. The van der Waals surface area contributed by atoms with Crippen molar-refractivity contribution >= 4 is 17.3 Å². The van der Waals surface area contributed by atoms with Gasteiger partial charge in [-0.3, -0.25) is 14.9 Å². The molecule has 0 unspecified atom stereocenters. The quantitative estimate of drug-likeness (QED) is 0.630. The third-order valence-corrected chi connectivity index (χ3v) is 3.52. The van der Waals surface area contributed by atoms with Crippen LogP contribution in [-0.2, 0) is 6.42 Å². The Morgan fingerprint density at radius 1 is 1.24 bits per heavy atom. The average Bonchev–Trinajstić information content (AvgIpc) is 2.90. The Morgan fingerprint density at radius 3 is 2.76 bits per heavy atom. The van der Waals surface area contributed by atoms with Crippen LogP contribution in [0.15, 0.2) is 42.5 Å². The van der Waals surface area contributed by atoms with E-state index in [-0.39, 0.29) is 11.3 Å². The average molecular weight is 286 g/mol. The third kappa shape index (κ3) is 2.24. The summed E-state index contributed by atoms with van der Waals surface area (Å²) in [7, 11) is 0. The Labute approximate surface area is 119 Å². The summed E-state index contributed by atoms with van der Waals surface area (Å²) in [5, 5.41) is 11.0. The fourth-order valence-corrected chi connectivity index (χ4v) is 2.53. The number of nitro groups is 1. The van der Waals surface area contributed by atoms with Crippen molar-refractivity contribution in [2.75, 3.05) is 11.4 Å². The molecule has 1 amide bonds. The van der Waals surface area contributed by atoms with E-state index in [2.05, 4.69) is 0 Å². The van der Waals surface area contributed by atoms with Gasteiger partial charge in [-0.25, -0.2) is 4.39 Å². The molecule has 6 heteroatoms. The van der Waals surface area contributed by atoms with Crippen LogP contribution in [0.4, 0.5) is 15.8 Å². The Morgan fingerprint density at radius 2 is 2.00 bits per heavy atom. The summed E-state index contributed by atoms with van der Waals surface area (Å²) >= 11 is 0. The van der Waals surface area contributed by atoms with Gasteiger partial charge in [0.1, 0.15) is 11.4 Å². The van der Waals surface area contributed by atoms with Crippen LogP contribution in [0.5, 0.6) is 0 Å². The van der Waals surface area contributed by atoms with E-state index in [0.29, 0.717) is 13.0 Å². The van der Waals surface area contributed by atoms with Crippen molar-refractivity contribution in [1.29, 1.82) is 0 Å². The molecule has 0 fully saturated rings. The van der Waals surface area contributed by atoms with Crippen LogP contribution >= 0.6 is 0 Å². The summed E-state index contributed by atoms with van der Waals surface area (Å²) < 4.78 is 13.4. The number of carbonyl (C=O) groups is 1. The van der Waals surface area contributed by atoms with Gasteiger partial charge >= 0.3 is 0 Å². The molecule has 2 aromatic rings. The molecule has 0 aliphatic carbocycles. The molecule has 0 bridgehead atoms. The predicted octanol–water partition coefficient (Wildman–Crippen LogP) is 2.94. The number of halogens is 1. The number of anilines is 1. The zero-order valence-electron chi connectivity index (χ0n) is 11.0. The minimum absolute atomic E-state index is 0.225. The van der Waals surface area contributed by atoms with Gasteiger partial charge in [0.2, 0.25) is 0 Å². The number of carbonyl (C=O) groups excluding carboxylic acids is 1. The van der Waals surface area contributed by atoms with E-state index >= 15 is 0 Å². The van der Waals surface area contributed by atoms with Crippen molar-refractivity contribution in [3.8, 4) is 0 Å². The zero-order valence-corrected chi connectivity index (χ0v) is 11.0. The van der Waals surface area contributed by atoms with Gasteiger partial charge in [0.25, 0.3) is 11.6 Å². The number of fused-ring (bicyclic) bond motifs is 1. The lowest BCUT2D eigenvalue weighted by Crippen LogP contribution is -2.29. The molecule has 2 aromatic carbocycles. The molecule has 0 saturated heterocycles. The lowest BCUT2D eigenvalue weighted by Gasteiger charge is -2.17. The summed E-state index contributed by atoms with van der Waals surface area (Å²) in [5.41, 5.74) is 1.12. The number of benzene rings is 2. The summed E-state index contributed by atoms with van der Waals surface area (Å²) in [6, 6.07) is 10.3. The summed E-state index contributed by atoms with van der Waals surface area (Å²) in [5.74, 6) is -1.22. The summed E-state index contributed by atoms with van der Waals surface area (Å²) in [6.07, 6.45) is 0.686. The molecule has 21 heavy (non-hydrogen) atoms. The van der Waals surface area contributed by atoms with E-state index < -0.39 is 16.6 Å². The molecular formula is C15H11FN2O3. The molecule has 0 spiro atoms. The number of nitro benzene ring substituents is 1. The molecule has 1 aliphatic rings. The first-order chi connectivity index (χ1) is 10.1. The Balaban J connectivity index is 2.04. The van der Waals surface area contributed by atoms with Crippen LogP contribution in [0.2, 0.25) is 0 Å².